The summed E-state index contributed by atoms with van der Waals surface area (Å²) in [7, 11) is 3.68. The summed E-state index contributed by atoms with van der Waals surface area (Å²) in [5, 5.41) is 10.5. The SMILES string of the molecule is CCNC(=O)c1cccc(CNC(=NC)N2CCOC(c3cnn(C)c3)C2)c1. The van der Waals surface area contributed by atoms with Gasteiger partial charge in [-0.3, -0.25) is 14.5 Å². The Morgan fingerprint density at radius 3 is 2.96 bits per heavy atom. The lowest BCUT2D eigenvalue weighted by atomic mass is 10.1. The molecule has 1 saturated heterocycles. The summed E-state index contributed by atoms with van der Waals surface area (Å²) in [6, 6.07) is 7.63. The van der Waals surface area contributed by atoms with Crippen LogP contribution in [0.4, 0.5) is 0 Å². The summed E-state index contributed by atoms with van der Waals surface area (Å²) < 4.78 is 7.69. The average Bonchev–Trinajstić information content (AvgIpc) is 3.15. The van der Waals surface area contributed by atoms with Gasteiger partial charge in [-0.1, -0.05) is 12.1 Å². The van der Waals surface area contributed by atoms with Gasteiger partial charge in [-0.15, -0.1) is 0 Å². The second kappa shape index (κ2) is 9.36. The van der Waals surface area contributed by atoms with E-state index in [1.54, 1.807) is 11.7 Å². The second-order valence-corrected chi connectivity index (χ2v) is 6.71. The van der Waals surface area contributed by atoms with Crippen LogP contribution < -0.4 is 10.6 Å². The molecule has 0 spiro atoms. The minimum atomic E-state index is -0.0544. The summed E-state index contributed by atoms with van der Waals surface area (Å²) >= 11 is 0. The molecule has 1 atom stereocenters. The molecule has 1 fully saturated rings. The molecule has 1 amide bonds. The predicted molar refractivity (Wildman–Crippen MR) is 108 cm³/mol. The fraction of sp³-hybridized carbons (Fsp3) is 0.450. The topological polar surface area (TPSA) is 83.8 Å². The highest BCUT2D eigenvalue weighted by atomic mass is 16.5. The van der Waals surface area contributed by atoms with Crippen molar-refractivity contribution in [2.24, 2.45) is 12.0 Å². The van der Waals surface area contributed by atoms with Crippen molar-refractivity contribution in [1.29, 1.82) is 0 Å². The first-order chi connectivity index (χ1) is 13.6. The van der Waals surface area contributed by atoms with Crippen molar-refractivity contribution in [1.82, 2.24) is 25.3 Å². The van der Waals surface area contributed by atoms with E-state index in [1.807, 2.05) is 50.6 Å². The van der Waals surface area contributed by atoms with Crippen LogP contribution in [0.25, 0.3) is 0 Å². The van der Waals surface area contributed by atoms with Crippen LogP contribution in [0.3, 0.4) is 0 Å². The molecule has 0 aliphatic carbocycles. The highest BCUT2D eigenvalue weighted by Gasteiger charge is 2.25. The van der Waals surface area contributed by atoms with Crippen LogP contribution in [-0.2, 0) is 18.3 Å². The van der Waals surface area contributed by atoms with E-state index in [1.165, 1.54) is 0 Å². The standard InChI is InChI=1S/C20H28N6O2/c1-4-22-19(27)16-7-5-6-15(10-16)11-23-20(21-2)26-8-9-28-18(14-26)17-12-24-25(3)13-17/h5-7,10,12-13,18H,4,8-9,11,14H2,1-3H3,(H,21,23)(H,22,27). The lowest BCUT2D eigenvalue weighted by molar-refractivity contribution is -0.00805. The van der Waals surface area contributed by atoms with Crippen LogP contribution >= 0.6 is 0 Å². The molecule has 1 aliphatic heterocycles. The molecule has 0 bridgehead atoms. The molecule has 2 N–H and O–H groups in total. The Labute approximate surface area is 165 Å². The van der Waals surface area contributed by atoms with Crippen LogP contribution in [0.5, 0.6) is 0 Å². The Morgan fingerprint density at radius 1 is 1.39 bits per heavy atom. The Kier molecular flexibility index (Phi) is 6.65. The van der Waals surface area contributed by atoms with Gasteiger partial charge in [-0.05, 0) is 24.6 Å². The van der Waals surface area contributed by atoms with Gasteiger partial charge in [0.1, 0.15) is 6.10 Å². The quantitative estimate of drug-likeness (QED) is 0.600. The molecule has 0 radical (unpaired) electrons. The average molecular weight is 384 g/mol. The highest BCUT2D eigenvalue weighted by molar-refractivity contribution is 5.94. The predicted octanol–water partition coefficient (Wildman–Crippen LogP) is 1.32. The number of hydrogen-bond donors (Lipinski definition) is 2. The second-order valence-electron chi connectivity index (χ2n) is 6.71. The van der Waals surface area contributed by atoms with Gasteiger partial charge < -0.3 is 20.3 Å². The van der Waals surface area contributed by atoms with Crippen molar-refractivity contribution in [3.63, 3.8) is 0 Å². The third kappa shape index (κ3) is 4.89. The number of nitrogens with zero attached hydrogens (tertiary/aromatic N) is 4. The number of nitrogens with one attached hydrogen (secondary N) is 2. The van der Waals surface area contributed by atoms with Gasteiger partial charge in [0.25, 0.3) is 5.91 Å². The number of aliphatic imine (C=N–C) groups is 1. The summed E-state index contributed by atoms with van der Waals surface area (Å²) in [6.45, 7) is 5.24. The number of carbonyl (C=O) groups excluding carboxylic acids is 1. The number of rotatable bonds is 5. The minimum absolute atomic E-state index is 0.0259. The number of guanidine groups is 1. The molecule has 150 valence electrons. The van der Waals surface area contributed by atoms with E-state index in [9.17, 15) is 4.79 Å². The van der Waals surface area contributed by atoms with Crippen LogP contribution in [0.2, 0.25) is 0 Å². The highest BCUT2D eigenvalue weighted by Crippen LogP contribution is 2.21. The molecule has 1 aromatic carbocycles. The van der Waals surface area contributed by atoms with Gasteiger partial charge in [0.05, 0.1) is 19.3 Å². The van der Waals surface area contributed by atoms with E-state index in [-0.39, 0.29) is 12.0 Å². The molecule has 1 aromatic heterocycles. The van der Waals surface area contributed by atoms with Crippen molar-refractivity contribution in [3.05, 3.63) is 53.3 Å². The Bertz CT molecular complexity index is 832. The fourth-order valence-corrected chi connectivity index (χ4v) is 3.25. The fourth-order valence-electron chi connectivity index (χ4n) is 3.25. The van der Waals surface area contributed by atoms with Gasteiger partial charge >= 0.3 is 0 Å². The van der Waals surface area contributed by atoms with Crippen LogP contribution in [0.15, 0.2) is 41.7 Å². The first kappa shape index (κ1) is 19.9. The van der Waals surface area contributed by atoms with E-state index in [0.717, 1.165) is 23.6 Å². The lowest BCUT2D eigenvalue weighted by Gasteiger charge is -2.34. The van der Waals surface area contributed by atoms with Crippen molar-refractivity contribution in [2.45, 2.75) is 19.6 Å². The Morgan fingerprint density at radius 2 is 2.25 bits per heavy atom. The van der Waals surface area contributed by atoms with E-state index >= 15 is 0 Å². The summed E-state index contributed by atoms with van der Waals surface area (Å²) in [6.07, 6.45) is 3.80. The largest absolute Gasteiger partial charge is 0.370 e. The van der Waals surface area contributed by atoms with Gasteiger partial charge in [-0.25, -0.2) is 0 Å². The number of morpholine rings is 1. The Hall–Kier alpha value is -2.87. The number of hydrogen-bond acceptors (Lipinski definition) is 4. The molecule has 0 saturated carbocycles. The lowest BCUT2D eigenvalue weighted by Crippen LogP contribution is -2.47. The maximum Gasteiger partial charge on any atom is 0.251 e. The van der Waals surface area contributed by atoms with E-state index in [4.69, 9.17) is 4.74 Å². The van der Waals surface area contributed by atoms with Crippen LogP contribution in [0, 0.1) is 0 Å². The van der Waals surface area contributed by atoms with E-state index < -0.39 is 0 Å². The van der Waals surface area contributed by atoms with Crippen molar-refractivity contribution < 1.29 is 9.53 Å². The molecule has 8 heteroatoms. The van der Waals surface area contributed by atoms with E-state index in [0.29, 0.717) is 31.8 Å². The van der Waals surface area contributed by atoms with Crippen molar-refractivity contribution in [2.75, 3.05) is 33.3 Å². The van der Waals surface area contributed by atoms with Crippen LogP contribution in [0.1, 0.15) is 34.5 Å². The zero-order chi connectivity index (χ0) is 19.9. The maximum atomic E-state index is 12.0. The first-order valence-corrected chi connectivity index (χ1v) is 9.53. The number of aromatic nitrogens is 2. The molecular weight excluding hydrogens is 356 g/mol. The minimum Gasteiger partial charge on any atom is -0.370 e. The smallest absolute Gasteiger partial charge is 0.251 e. The maximum absolute atomic E-state index is 12.0. The van der Waals surface area contributed by atoms with Gasteiger partial charge in [0, 0.05) is 51.1 Å². The third-order valence-electron chi connectivity index (χ3n) is 4.65. The van der Waals surface area contributed by atoms with Gasteiger partial charge in [-0.2, -0.15) is 5.10 Å². The number of amides is 1. The number of carbonyl (C=O) groups is 1. The molecule has 2 heterocycles. The molecule has 1 unspecified atom stereocenters. The van der Waals surface area contributed by atoms with Crippen molar-refractivity contribution >= 4 is 11.9 Å². The van der Waals surface area contributed by atoms with Gasteiger partial charge in [0.2, 0.25) is 0 Å². The molecule has 28 heavy (non-hydrogen) atoms. The summed E-state index contributed by atoms with van der Waals surface area (Å²) in [4.78, 5) is 18.6. The number of aryl methyl sites for hydroxylation is 1. The summed E-state index contributed by atoms with van der Waals surface area (Å²) in [5.74, 6) is 0.766. The molecule has 3 rings (SSSR count). The number of ether oxygens (including phenoxy) is 1. The monoisotopic (exact) mass is 384 g/mol. The molecular formula is C20H28N6O2. The van der Waals surface area contributed by atoms with Crippen LogP contribution in [-0.4, -0.2) is 59.8 Å². The zero-order valence-corrected chi connectivity index (χ0v) is 16.7. The van der Waals surface area contributed by atoms with Crippen molar-refractivity contribution in [3.8, 4) is 0 Å². The molecule has 2 aromatic rings. The number of benzene rings is 1. The first-order valence-electron chi connectivity index (χ1n) is 9.53. The Balaban J connectivity index is 1.61. The van der Waals surface area contributed by atoms with Gasteiger partial charge in [0.15, 0.2) is 5.96 Å². The summed E-state index contributed by atoms with van der Waals surface area (Å²) in [5.41, 5.74) is 2.76. The molecule has 8 nitrogen and oxygen atoms in total. The zero-order valence-electron chi connectivity index (χ0n) is 16.7. The third-order valence-corrected chi connectivity index (χ3v) is 4.65. The molecule has 1 aliphatic rings. The van der Waals surface area contributed by atoms with E-state index in [2.05, 4.69) is 25.6 Å². The normalized spacial score (nSPS) is 17.5.